The van der Waals surface area contributed by atoms with Crippen LogP contribution in [0.3, 0.4) is 0 Å². The van der Waals surface area contributed by atoms with Gasteiger partial charge in [0.15, 0.2) is 0 Å². The normalized spacial score (nSPS) is 14.1. The van der Waals surface area contributed by atoms with E-state index in [2.05, 4.69) is 5.32 Å². The van der Waals surface area contributed by atoms with Gasteiger partial charge < -0.3 is 20.3 Å². The summed E-state index contributed by atoms with van der Waals surface area (Å²) in [6.07, 6.45) is 0.564. The molecule has 0 heterocycles. The van der Waals surface area contributed by atoms with Crippen LogP contribution >= 0.6 is 0 Å². The molecule has 1 unspecified atom stereocenters. The zero-order valence-corrected chi connectivity index (χ0v) is 11.3. The van der Waals surface area contributed by atoms with Gasteiger partial charge in [-0.25, -0.2) is 4.79 Å². The number of aromatic carboxylic acids is 1. The van der Waals surface area contributed by atoms with Gasteiger partial charge >= 0.3 is 5.97 Å². The zero-order valence-electron chi connectivity index (χ0n) is 11.3. The molecule has 0 aliphatic carbocycles. The minimum absolute atomic E-state index is 0.274. The van der Waals surface area contributed by atoms with Gasteiger partial charge in [0, 0.05) is 33.2 Å². The summed E-state index contributed by atoms with van der Waals surface area (Å²) < 4.78 is 4.93. The summed E-state index contributed by atoms with van der Waals surface area (Å²) in [5.41, 5.74) is 0.445. The summed E-state index contributed by atoms with van der Waals surface area (Å²) in [6, 6.07) is 6.67. The molecule has 1 aromatic carbocycles. The minimum Gasteiger partial charge on any atom is -0.478 e. The van der Waals surface area contributed by atoms with Crippen molar-refractivity contribution in [1.82, 2.24) is 5.32 Å². The largest absolute Gasteiger partial charge is 0.478 e. The Balaban J connectivity index is 2.38. The number of carboxylic acid groups (broad SMARTS) is 1. The number of carbonyl (C=O) groups is 1. The van der Waals surface area contributed by atoms with Gasteiger partial charge in [0.25, 0.3) is 0 Å². The third-order valence-corrected chi connectivity index (χ3v) is 2.88. The third kappa shape index (κ3) is 5.83. The van der Waals surface area contributed by atoms with Gasteiger partial charge in [-0.2, -0.15) is 0 Å². The molecular weight excluding hydrogens is 246 g/mol. The quantitative estimate of drug-likeness (QED) is 0.661. The number of benzene rings is 1. The number of aliphatic hydroxyl groups is 1. The van der Waals surface area contributed by atoms with Crippen LogP contribution in [0.2, 0.25) is 0 Å². The Kier molecular flexibility index (Phi) is 5.95. The molecule has 3 N–H and O–H groups in total. The fourth-order valence-electron chi connectivity index (χ4n) is 1.65. The molecule has 0 saturated heterocycles. The number of hydrogen-bond donors (Lipinski definition) is 3. The maximum absolute atomic E-state index is 10.7. The van der Waals surface area contributed by atoms with E-state index in [1.165, 1.54) is 0 Å². The molecule has 0 spiro atoms. The van der Waals surface area contributed by atoms with E-state index in [-0.39, 0.29) is 5.56 Å². The van der Waals surface area contributed by atoms with E-state index in [9.17, 15) is 9.90 Å². The monoisotopic (exact) mass is 267 g/mol. The Morgan fingerprint density at radius 2 is 2.00 bits per heavy atom. The van der Waals surface area contributed by atoms with Crippen LogP contribution in [0.5, 0.6) is 0 Å². The molecule has 0 aliphatic heterocycles. The standard InChI is InChI=1S/C14H21NO4/c1-14(18,7-8-19-2)10-15-9-11-3-5-12(6-4-11)13(16)17/h3-6,15,18H,7-10H2,1-2H3,(H,16,17). The highest BCUT2D eigenvalue weighted by Crippen LogP contribution is 2.09. The highest BCUT2D eigenvalue weighted by atomic mass is 16.5. The first kappa shape index (κ1) is 15.6. The molecule has 1 aromatic rings. The molecule has 1 atom stereocenters. The van der Waals surface area contributed by atoms with Gasteiger partial charge in [0.05, 0.1) is 11.2 Å². The van der Waals surface area contributed by atoms with Crippen LogP contribution < -0.4 is 5.32 Å². The van der Waals surface area contributed by atoms with E-state index in [0.29, 0.717) is 26.1 Å². The Morgan fingerprint density at radius 3 is 2.53 bits per heavy atom. The first-order valence-electron chi connectivity index (χ1n) is 6.19. The van der Waals surface area contributed by atoms with E-state index in [1.807, 2.05) is 0 Å². The number of nitrogens with one attached hydrogen (secondary N) is 1. The van der Waals surface area contributed by atoms with Gasteiger partial charge in [0.1, 0.15) is 0 Å². The number of carboxylic acids is 1. The molecule has 0 bridgehead atoms. The predicted molar refractivity (Wildman–Crippen MR) is 72.2 cm³/mol. The molecule has 19 heavy (non-hydrogen) atoms. The van der Waals surface area contributed by atoms with Crippen molar-refractivity contribution in [1.29, 1.82) is 0 Å². The van der Waals surface area contributed by atoms with E-state index in [0.717, 1.165) is 5.56 Å². The fourth-order valence-corrected chi connectivity index (χ4v) is 1.65. The zero-order chi connectivity index (χ0) is 14.3. The molecule has 0 saturated carbocycles. The van der Waals surface area contributed by atoms with Crippen LogP contribution in [0.1, 0.15) is 29.3 Å². The van der Waals surface area contributed by atoms with Crippen molar-refractivity contribution in [2.75, 3.05) is 20.3 Å². The second-order valence-corrected chi connectivity index (χ2v) is 4.85. The molecule has 5 nitrogen and oxygen atoms in total. The van der Waals surface area contributed by atoms with Crippen LogP contribution in [0, 0.1) is 0 Å². The molecular formula is C14H21NO4. The van der Waals surface area contributed by atoms with Gasteiger partial charge in [0.2, 0.25) is 0 Å². The fraction of sp³-hybridized carbons (Fsp3) is 0.500. The van der Waals surface area contributed by atoms with Gasteiger partial charge in [-0.05, 0) is 24.6 Å². The highest BCUT2D eigenvalue weighted by Gasteiger charge is 2.19. The highest BCUT2D eigenvalue weighted by molar-refractivity contribution is 5.87. The van der Waals surface area contributed by atoms with E-state index >= 15 is 0 Å². The van der Waals surface area contributed by atoms with Gasteiger partial charge in [-0.3, -0.25) is 0 Å². The summed E-state index contributed by atoms with van der Waals surface area (Å²) in [7, 11) is 1.60. The number of methoxy groups -OCH3 is 1. The lowest BCUT2D eigenvalue weighted by atomic mass is 10.0. The first-order chi connectivity index (χ1) is 8.94. The lowest BCUT2D eigenvalue weighted by Crippen LogP contribution is -2.38. The summed E-state index contributed by atoms with van der Waals surface area (Å²) in [6.45, 7) is 3.31. The Hall–Kier alpha value is -1.43. The maximum Gasteiger partial charge on any atom is 0.335 e. The van der Waals surface area contributed by atoms with Crippen molar-refractivity contribution in [3.05, 3.63) is 35.4 Å². The Morgan fingerprint density at radius 1 is 1.37 bits per heavy atom. The van der Waals surface area contributed by atoms with Crippen molar-refractivity contribution >= 4 is 5.97 Å². The number of rotatable bonds is 8. The van der Waals surface area contributed by atoms with Crippen LogP contribution in [0.25, 0.3) is 0 Å². The third-order valence-electron chi connectivity index (χ3n) is 2.88. The van der Waals surface area contributed by atoms with Crippen molar-refractivity contribution in [3.63, 3.8) is 0 Å². The molecule has 5 heteroatoms. The molecule has 0 radical (unpaired) electrons. The predicted octanol–water partition coefficient (Wildman–Crippen LogP) is 1.26. The van der Waals surface area contributed by atoms with Crippen LogP contribution in [0.15, 0.2) is 24.3 Å². The van der Waals surface area contributed by atoms with Gasteiger partial charge in [-0.1, -0.05) is 12.1 Å². The lowest BCUT2D eigenvalue weighted by Gasteiger charge is -2.23. The van der Waals surface area contributed by atoms with Crippen molar-refractivity contribution in [2.24, 2.45) is 0 Å². The molecule has 0 aliphatic rings. The Bertz CT molecular complexity index is 400. The summed E-state index contributed by atoms with van der Waals surface area (Å²) in [5.74, 6) is -0.929. The second-order valence-electron chi connectivity index (χ2n) is 4.85. The summed E-state index contributed by atoms with van der Waals surface area (Å²) in [5, 5.41) is 21.9. The molecule has 0 fully saturated rings. The molecule has 0 amide bonds. The average molecular weight is 267 g/mol. The van der Waals surface area contributed by atoms with E-state index in [4.69, 9.17) is 9.84 Å². The topological polar surface area (TPSA) is 78.8 Å². The van der Waals surface area contributed by atoms with E-state index in [1.54, 1.807) is 38.3 Å². The van der Waals surface area contributed by atoms with Gasteiger partial charge in [-0.15, -0.1) is 0 Å². The molecule has 106 valence electrons. The summed E-state index contributed by atoms with van der Waals surface area (Å²) >= 11 is 0. The maximum atomic E-state index is 10.7. The van der Waals surface area contributed by atoms with Crippen molar-refractivity contribution < 1.29 is 19.7 Å². The van der Waals surface area contributed by atoms with Crippen LogP contribution in [0.4, 0.5) is 0 Å². The van der Waals surface area contributed by atoms with Crippen molar-refractivity contribution in [3.8, 4) is 0 Å². The number of ether oxygens (including phenoxy) is 1. The van der Waals surface area contributed by atoms with Crippen molar-refractivity contribution in [2.45, 2.75) is 25.5 Å². The molecule has 0 aromatic heterocycles. The molecule has 1 rings (SSSR count). The van der Waals surface area contributed by atoms with Crippen LogP contribution in [-0.2, 0) is 11.3 Å². The SMILES string of the molecule is COCCC(C)(O)CNCc1ccc(C(=O)O)cc1. The van der Waals surface area contributed by atoms with E-state index < -0.39 is 11.6 Å². The average Bonchev–Trinajstić information content (AvgIpc) is 2.37. The van der Waals surface area contributed by atoms with Crippen LogP contribution in [-0.4, -0.2) is 42.0 Å². The number of hydrogen-bond acceptors (Lipinski definition) is 4. The summed E-state index contributed by atoms with van der Waals surface area (Å²) in [4.78, 5) is 10.7. The Labute approximate surface area is 113 Å². The lowest BCUT2D eigenvalue weighted by molar-refractivity contribution is 0.0247. The smallest absolute Gasteiger partial charge is 0.335 e. The second kappa shape index (κ2) is 7.23. The minimum atomic E-state index is -0.929. The first-order valence-corrected chi connectivity index (χ1v) is 6.19.